The first-order chi connectivity index (χ1) is 8.58. The van der Waals surface area contributed by atoms with Crippen LogP contribution in [0.25, 0.3) is 0 Å². The molecule has 1 aromatic carbocycles. The molecule has 0 bridgehead atoms. The van der Waals surface area contributed by atoms with Crippen LogP contribution in [0.1, 0.15) is 19.8 Å². The first-order valence-corrected chi connectivity index (χ1v) is 6.43. The molecule has 0 spiro atoms. The Morgan fingerprint density at radius 3 is 2.56 bits per heavy atom. The van der Waals surface area contributed by atoms with Gasteiger partial charge in [0.05, 0.1) is 12.7 Å². The van der Waals surface area contributed by atoms with Crippen molar-refractivity contribution in [3.05, 3.63) is 24.3 Å². The average molecular weight is 252 g/mol. The zero-order valence-electron chi connectivity index (χ0n) is 11.3. The Morgan fingerprint density at radius 1 is 1.28 bits per heavy atom. The Hall–Kier alpha value is -1.26. The summed E-state index contributed by atoms with van der Waals surface area (Å²) in [4.78, 5) is 2.21. The van der Waals surface area contributed by atoms with Gasteiger partial charge >= 0.3 is 0 Å². The molecule has 0 saturated heterocycles. The minimum Gasteiger partial charge on any atom is -0.494 e. The molecule has 102 valence electrons. The Bertz CT molecular complexity index is 325. The van der Waals surface area contributed by atoms with E-state index in [9.17, 15) is 5.11 Å². The Kier molecular flexibility index (Phi) is 6.54. The summed E-state index contributed by atoms with van der Waals surface area (Å²) >= 11 is 0. The lowest BCUT2D eigenvalue weighted by Crippen LogP contribution is -2.24. The number of anilines is 1. The second-order valence-electron chi connectivity index (χ2n) is 4.71. The molecule has 4 nitrogen and oxygen atoms in total. The predicted molar refractivity (Wildman–Crippen MR) is 74.8 cm³/mol. The van der Waals surface area contributed by atoms with Crippen molar-refractivity contribution in [1.82, 2.24) is 4.90 Å². The SMILES string of the molecule is CC(O)CCN(C)CCCOc1ccc(N)cc1. The molecule has 1 aromatic rings. The number of rotatable bonds is 8. The molecule has 1 rings (SSSR count). The number of benzene rings is 1. The second kappa shape index (κ2) is 7.95. The van der Waals surface area contributed by atoms with Crippen LogP contribution in [0.5, 0.6) is 5.75 Å². The minimum absolute atomic E-state index is 0.224. The van der Waals surface area contributed by atoms with Crippen molar-refractivity contribution in [2.75, 3.05) is 32.5 Å². The van der Waals surface area contributed by atoms with E-state index in [4.69, 9.17) is 10.5 Å². The van der Waals surface area contributed by atoms with Crippen molar-refractivity contribution in [2.45, 2.75) is 25.9 Å². The molecule has 0 aromatic heterocycles. The lowest BCUT2D eigenvalue weighted by molar-refractivity contribution is 0.162. The highest BCUT2D eigenvalue weighted by molar-refractivity contribution is 5.41. The molecule has 0 amide bonds. The molecule has 0 aliphatic carbocycles. The molecular weight excluding hydrogens is 228 g/mol. The smallest absolute Gasteiger partial charge is 0.119 e. The van der Waals surface area contributed by atoms with Gasteiger partial charge in [-0.3, -0.25) is 0 Å². The number of hydrogen-bond donors (Lipinski definition) is 2. The molecule has 0 radical (unpaired) electrons. The summed E-state index contributed by atoms with van der Waals surface area (Å²) in [6, 6.07) is 7.44. The summed E-state index contributed by atoms with van der Waals surface area (Å²) in [5.41, 5.74) is 6.35. The van der Waals surface area contributed by atoms with Crippen molar-refractivity contribution >= 4 is 5.69 Å². The van der Waals surface area contributed by atoms with E-state index in [0.717, 1.165) is 37.4 Å². The Balaban J connectivity index is 2.09. The Morgan fingerprint density at radius 2 is 1.94 bits per heavy atom. The van der Waals surface area contributed by atoms with Gasteiger partial charge in [-0.05, 0) is 51.1 Å². The summed E-state index contributed by atoms with van der Waals surface area (Å²) in [6.45, 7) is 4.40. The standard InChI is InChI=1S/C14H24N2O2/c1-12(17)8-10-16(2)9-3-11-18-14-6-4-13(15)5-7-14/h4-7,12,17H,3,8-11,15H2,1-2H3. The van der Waals surface area contributed by atoms with Gasteiger partial charge in [0.2, 0.25) is 0 Å². The topological polar surface area (TPSA) is 58.7 Å². The summed E-state index contributed by atoms with van der Waals surface area (Å²) in [5.74, 6) is 0.857. The van der Waals surface area contributed by atoms with Crippen LogP contribution in [0.2, 0.25) is 0 Å². The number of aliphatic hydroxyl groups is 1. The third-order valence-corrected chi connectivity index (χ3v) is 2.76. The molecule has 1 atom stereocenters. The van der Waals surface area contributed by atoms with E-state index < -0.39 is 0 Å². The maximum absolute atomic E-state index is 9.18. The zero-order valence-corrected chi connectivity index (χ0v) is 11.3. The van der Waals surface area contributed by atoms with Crippen molar-refractivity contribution in [1.29, 1.82) is 0 Å². The minimum atomic E-state index is -0.224. The molecule has 0 fully saturated rings. The third kappa shape index (κ3) is 6.47. The fraction of sp³-hybridized carbons (Fsp3) is 0.571. The van der Waals surface area contributed by atoms with Crippen molar-refractivity contribution in [3.63, 3.8) is 0 Å². The van der Waals surface area contributed by atoms with E-state index in [1.54, 1.807) is 0 Å². The predicted octanol–water partition coefficient (Wildman–Crippen LogP) is 1.74. The number of ether oxygens (including phenoxy) is 1. The Labute approximate surface area is 109 Å². The van der Waals surface area contributed by atoms with Crippen LogP contribution in [0, 0.1) is 0 Å². The summed E-state index contributed by atoms with van der Waals surface area (Å²) in [6.07, 6.45) is 1.56. The molecule has 4 heteroatoms. The maximum Gasteiger partial charge on any atom is 0.119 e. The highest BCUT2D eigenvalue weighted by Crippen LogP contribution is 2.13. The van der Waals surface area contributed by atoms with E-state index >= 15 is 0 Å². The van der Waals surface area contributed by atoms with E-state index in [0.29, 0.717) is 6.61 Å². The number of aliphatic hydroxyl groups excluding tert-OH is 1. The maximum atomic E-state index is 9.18. The highest BCUT2D eigenvalue weighted by atomic mass is 16.5. The van der Waals surface area contributed by atoms with Gasteiger partial charge in [0.15, 0.2) is 0 Å². The van der Waals surface area contributed by atoms with Gasteiger partial charge < -0.3 is 20.5 Å². The second-order valence-corrected chi connectivity index (χ2v) is 4.71. The first kappa shape index (κ1) is 14.8. The zero-order chi connectivity index (χ0) is 13.4. The number of nitrogens with zero attached hydrogens (tertiary/aromatic N) is 1. The molecule has 0 heterocycles. The molecular formula is C14H24N2O2. The normalized spacial score (nSPS) is 12.7. The first-order valence-electron chi connectivity index (χ1n) is 6.43. The fourth-order valence-corrected chi connectivity index (χ4v) is 1.61. The van der Waals surface area contributed by atoms with Crippen LogP contribution >= 0.6 is 0 Å². The fourth-order valence-electron chi connectivity index (χ4n) is 1.61. The molecule has 18 heavy (non-hydrogen) atoms. The lowest BCUT2D eigenvalue weighted by atomic mass is 10.2. The molecule has 3 N–H and O–H groups in total. The number of hydrogen-bond acceptors (Lipinski definition) is 4. The van der Waals surface area contributed by atoms with Gasteiger partial charge in [0.25, 0.3) is 0 Å². The van der Waals surface area contributed by atoms with E-state index in [1.807, 2.05) is 31.2 Å². The van der Waals surface area contributed by atoms with Crippen LogP contribution in [0.3, 0.4) is 0 Å². The van der Waals surface area contributed by atoms with Gasteiger partial charge in [-0.1, -0.05) is 0 Å². The summed E-state index contributed by atoms with van der Waals surface area (Å²) < 4.78 is 5.61. The summed E-state index contributed by atoms with van der Waals surface area (Å²) in [7, 11) is 2.06. The largest absolute Gasteiger partial charge is 0.494 e. The van der Waals surface area contributed by atoms with Gasteiger partial charge in [-0.15, -0.1) is 0 Å². The highest BCUT2D eigenvalue weighted by Gasteiger charge is 2.01. The van der Waals surface area contributed by atoms with Crippen LogP contribution in [0.4, 0.5) is 5.69 Å². The van der Waals surface area contributed by atoms with Crippen LogP contribution in [-0.4, -0.2) is 42.9 Å². The van der Waals surface area contributed by atoms with E-state index in [2.05, 4.69) is 11.9 Å². The van der Waals surface area contributed by atoms with Gasteiger partial charge in [0, 0.05) is 18.8 Å². The van der Waals surface area contributed by atoms with Crippen molar-refractivity contribution < 1.29 is 9.84 Å². The summed E-state index contributed by atoms with van der Waals surface area (Å²) in [5, 5.41) is 9.18. The number of nitrogen functional groups attached to an aromatic ring is 1. The van der Waals surface area contributed by atoms with Crippen molar-refractivity contribution in [3.8, 4) is 5.75 Å². The van der Waals surface area contributed by atoms with Gasteiger partial charge in [0.1, 0.15) is 5.75 Å². The van der Waals surface area contributed by atoms with Crippen LogP contribution in [-0.2, 0) is 0 Å². The van der Waals surface area contributed by atoms with Gasteiger partial charge in [-0.25, -0.2) is 0 Å². The lowest BCUT2D eigenvalue weighted by Gasteiger charge is -2.17. The van der Waals surface area contributed by atoms with E-state index in [1.165, 1.54) is 0 Å². The molecule has 0 aliphatic rings. The number of nitrogens with two attached hydrogens (primary N) is 1. The van der Waals surface area contributed by atoms with E-state index in [-0.39, 0.29) is 6.10 Å². The van der Waals surface area contributed by atoms with Crippen LogP contribution < -0.4 is 10.5 Å². The van der Waals surface area contributed by atoms with Crippen LogP contribution in [0.15, 0.2) is 24.3 Å². The quantitative estimate of drug-likeness (QED) is 0.546. The van der Waals surface area contributed by atoms with Gasteiger partial charge in [-0.2, -0.15) is 0 Å². The molecule has 0 aliphatic heterocycles. The average Bonchev–Trinajstić information content (AvgIpc) is 2.34. The monoisotopic (exact) mass is 252 g/mol. The van der Waals surface area contributed by atoms with Crippen molar-refractivity contribution in [2.24, 2.45) is 0 Å². The molecule has 0 saturated carbocycles. The third-order valence-electron chi connectivity index (χ3n) is 2.76. The molecule has 1 unspecified atom stereocenters.